The maximum absolute atomic E-state index is 12.8. The standard InChI is InChI=1S/C26H20N4OS/c1-17-6-4-13-28-24(17)25-20-8-2-3-9-22(20)32-23-11-10-19(14-21(23)30-25)26(31)29-16-18-7-5-12-27-15-18/h2-15H,16H2,1H3,(H,29,31). The number of rotatable bonds is 4. The van der Waals surface area contributed by atoms with E-state index in [9.17, 15) is 4.79 Å². The molecule has 0 unspecified atom stereocenters. The van der Waals surface area contributed by atoms with Crippen molar-refractivity contribution < 1.29 is 4.79 Å². The topological polar surface area (TPSA) is 67.2 Å². The summed E-state index contributed by atoms with van der Waals surface area (Å²) in [4.78, 5) is 28.7. The lowest BCUT2D eigenvalue weighted by Crippen LogP contribution is -2.22. The number of carbonyl (C=O) groups is 1. The fourth-order valence-electron chi connectivity index (χ4n) is 3.58. The minimum absolute atomic E-state index is 0.144. The zero-order valence-electron chi connectivity index (χ0n) is 17.4. The SMILES string of the molecule is Cc1cccnc1C1=Nc2cc(C(=O)NCc3cccnc3)ccc2Sc2ccccc21. The van der Waals surface area contributed by atoms with E-state index >= 15 is 0 Å². The van der Waals surface area contributed by atoms with Crippen LogP contribution in [0.1, 0.15) is 32.7 Å². The van der Waals surface area contributed by atoms with E-state index in [1.807, 2.05) is 61.5 Å². The first-order chi connectivity index (χ1) is 15.7. The molecular weight excluding hydrogens is 416 g/mol. The molecule has 6 heteroatoms. The van der Waals surface area contributed by atoms with Crippen molar-refractivity contribution >= 4 is 29.1 Å². The minimum Gasteiger partial charge on any atom is -0.348 e. The summed E-state index contributed by atoms with van der Waals surface area (Å²) in [5.41, 5.74) is 6.04. The van der Waals surface area contributed by atoms with Crippen LogP contribution in [0.3, 0.4) is 0 Å². The largest absolute Gasteiger partial charge is 0.348 e. The molecule has 0 radical (unpaired) electrons. The molecule has 1 amide bonds. The van der Waals surface area contributed by atoms with E-state index in [1.165, 1.54) is 0 Å². The number of fused-ring (bicyclic) bond motifs is 2. The Hall–Kier alpha value is -3.77. The fourth-order valence-corrected chi connectivity index (χ4v) is 4.59. The predicted octanol–water partition coefficient (Wildman–Crippen LogP) is 5.35. The van der Waals surface area contributed by atoms with Crippen LogP contribution in [0.15, 0.2) is 100 Å². The van der Waals surface area contributed by atoms with E-state index < -0.39 is 0 Å². The third kappa shape index (κ3) is 4.05. The lowest BCUT2D eigenvalue weighted by Gasteiger charge is -2.10. The van der Waals surface area contributed by atoms with Crippen molar-refractivity contribution in [1.29, 1.82) is 0 Å². The van der Waals surface area contributed by atoms with Gasteiger partial charge in [-0.15, -0.1) is 0 Å². The second kappa shape index (κ2) is 8.77. The Morgan fingerprint density at radius 1 is 0.969 bits per heavy atom. The van der Waals surface area contributed by atoms with E-state index in [4.69, 9.17) is 4.99 Å². The zero-order chi connectivity index (χ0) is 21.9. The van der Waals surface area contributed by atoms with Crippen LogP contribution in [0.4, 0.5) is 5.69 Å². The molecule has 0 bridgehead atoms. The molecule has 4 aromatic rings. The van der Waals surface area contributed by atoms with Gasteiger partial charge in [-0.3, -0.25) is 14.8 Å². The van der Waals surface area contributed by atoms with Crippen LogP contribution in [0, 0.1) is 6.92 Å². The molecule has 1 aliphatic rings. The van der Waals surface area contributed by atoms with Gasteiger partial charge in [0.1, 0.15) is 0 Å². The van der Waals surface area contributed by atoms with Gasteiger partial charge in [0.2, 0.25) is 0 Å². The van der Waals surface area contributed by atoms with E-state index in [1.54, 1.807) is 30.4 Å². The number of hydrogen-bond acceptors (Lipinski definition) is 5. The Morgan fingerprint density at radius 2 is 1.84 bits per heavy atom. The molecule has 0 saturated heterocycles. The van der Waals surface area contributed by atoms with Crippen LogP contribution in [-0.4, -0.2) is 21.6 Å². The van der Waals surface area contributed by atoms with Crippen LogP contribution in [0.5, 0.6) is 0 Å². The molecule has 0 spiro atoms. The van der Waals surface area contributed by atoms with Gasteiger partial charge in [-0.1, -0.05) is 42.1 Å². The Morgan fingerprint density at radius 3 is 2.69 bits per heavy atom. The van der Waals surface area contributed by atoms with Gasteiger partial charge in [-0.2, -0.15) is 0 Å². The number of nitrogens with zero attached hydrogens (tertiary/aromatic N) is 3. The van der Waals surface area contributed by atoms with Crippen molar-refractivity contribution in [3.05, 3.63) is 113 Å². The monoisotopic (exact) mass is 436 g/mol. The number of carbonyl (C=O) groups excluding carboxylic acids is 1. The molecule has 5 rings (SSSR count). The molecule has 156 valence electrons. The van der Waals surface area contributed by atoms with Crippen LogP contribution >= 0.6 is 11.8 Å². The number of benzene rings is 2. The predicted molar refractivity (Wildman–Crippen MR) is 127 cm³/mol. The second-order valence-corrected chi connectivity index (χ2v) is 8.54. The summed E-state index contributed by atoms with van der Waals surface area (Å²) < 4.78 is 0. The highest BCUT2D eigenvalue weighted by Gasteiger charge is 2.21. The van der Waals surface area contributed by atoms with Gasteiger partial charge in [0, 0.05) is 46.1 Å². The number of aliphatic imine (C=N–C) groups is 1. The van der Waals surface area contributed by atoms with Crippen LogP contribution < -0.4 is 5.32 Å². The molecule has 1 N–H and O–H groups in total. The highest BCUT2D eigenvalue weighted by molar-refractivity contribution is 7.99. The van der Waals surface area contributed by atoms with Crippen LogP contribution in [-0.2, 0) is 6.54 Å². The zero-order valence-corrected chi connectivity index (χ0v) is 18.3. The van der Waals surface area contributed by atoms with Crippen molar-refractivity contribution in [3.8, 4) is 0 Å². The lowest BCUT2D eigenvalue weighted by atomic mass is 10.0. The molecule has 0 fully saturated rings. The van der Waals surface area contributed by atoms with Crippen molar-refractivity contribution in [2.75, 3.05) is 0 Å². The minimum atomic E-state index is -0.144. The second-order valence-electron chi connectivity index (χ2n) is 7.45. The Kier molecular flexibility index (Phi) is 5.52. The summed E-state index contributed by atoms with van der Waals surface area (Å²) in [6.07, 6.45) is 5.25. The number of pyridine rings is 2. The van der Waals surface area contributed by atoms with Gasteiger partial charge in [-0.05, 0) is 54.4 Å². The Bertz CT molecular complexity index is 1330. The van der Waals surface area contributed by atoms with E-state index in [-0.39, 0.29) is 5.91 Å². The van der Waals surface area contributed by atoms with E-state index in [0.717, 1.165) is 43.6 Å². The van der Waals surface area contributed by atoms with Gasteiger partial charge in [0.15, 0.2) is 0 Å². The molecule has 0 saturated carbocycles. The van der Waals surface area contributed by atoms with E-state index in [0.29, 0.717) is 12.1 Å². The highest BCUT2D eigenvalue weighted by Crippen LogP contribution is 2.41. The van der Waals surface area contributed by atoms with Crippen molar-refractivity contribution in [3.63, 3.8) is 0 Å². The molecule has 5 nitrogen and oxygen atoms in total. The van der Waals surface area contributed by atoms with Gasteiger partial charge in [0.05, 0.1) is 17.1 Å². The summed E-state index contributed by atoms with van der Waals surface area (Å²) in [6, 6.07) is 21.6. The lowest BCUT2D eigenvalue weighted by molar-refractivity contribution is 0.0951. The third-order valence-corrected chi connectivity index (χ3v) is 6.37. The first kappa shape index (κ1) is 20.2. The van der Waals surface area contributed by atoms with Crippen molar-refractivity contribution in [2.45, 2.75) is 23.3 Å². The fraction of sp³-hybridized carbons (Fsp3) is 0.0769. The van der Waals surface area contributed by atoms with Gasteiger partial charge in [-0.25, -0.2) is 4.99 Å². The molecule has 2 aromatic carbocycles. The molecule has 0 atom stereocenters. The maximum Gasteiger partial charge on any atom is 0.251 e. The molecule has 2 aromatic heterocycles. The third-order valence-electron chi connectivity index (χ3n) is 5.23. The van der Waals surface area contributed by atoms with Gasteiger partial charge in [0.25, 0.3) is 5.91 Å². The Balaban J connectivity index is 1.53. The first-order valence-corrected chi connectivity index (χ1v) is 11.1. The van der Waals surface area contributed by atoms with E-state index in [2.05, 4.69) is 27.4 Å². The molecule has 1 aliphatic heterocycles. The maximum atomic E-state index is 12.8. The summed E-state index contributed by atoms with van der Waals surface area (Å²) in [7, 11) is 0. The molecule has 3 heterocycles. The molecule has 0 aliphatic carbocycles. The van der Waals surface area contributed by atoms with Crippen molar-refractivity contribution in [1.82, 2.24) is 15.3 Å². The number of hydrogen-bond donors (Lipinski definition) is 1. The number of aromatic nitrogens is 2. The number of aryl methyl sites for hydroxylation is 1. The summed E-state index contributed by atoms with van der Waals surface area (Å²) in [5.74, 6) is -0.144. The summed E-state index contributed by atoms with van der Waals surface area (Å²) in [6.45, 7) is 2.46. The van der Waals surface area contributed by atoms with Gasteiger partial charge >= 0.3 is 0 Å². The Labute approximate surface area is 190 Å². The average molecular weight is 437 g/mol. The highest BCUT2D eigenvalue weighted by atomic mass is 32.2. The average Bonchev–Trinajstić information content (AvgIpc) is 3.00. The quantitative estimate of drug-likeness (QED) is 0.412. The van der Waals surface area contributed by atoms with Crippen LogP contribution in [0.25, 0.3) is 0 Å². The number of amides is 1. The van der Waals surface area contributed by atoms with Gasteiger partial charge < -0.3 is 5.32 Å². The first-order valence-electron chi connectivity index (χ1n) is 10.3. The smallest absolute Gasteiger partial charge is 0.251 e. The molecule has 32 heavy (non-hydrogen) atoms. The van der Waals surface area contributed by atoms with Crippen LogP contribution in [0.2, 0.25) is 0 Å². The summed E-state index contributed by atoms with van der Waals surface area (Å²) >= 11 is 1.66. The summed E-state index contributed by atoms with van der Waals surface area (Å²) in [5, 5.41) is 2.96. The number of nitrogens with one attached hydrogen (secondary N) is 1. The normalized spacial score (nSPS) is 12.2. The van der Waals surface area contributed by atoms with Crippen molar-refractivity contribution in [2.24, 2.45) is 4.99 Å². The molecular formula is C26H20N4OS.